The van der Waals surface area contributed by atoms with E-state index in [9.17, 15) is 0 Å². The third-order valence-corrected chi connectivity index (χ3v) is 4.30. The molecule has 132 valence electrons. The van der Waals surface area contributed by atoms with Crippen LogP contribution in [0.3, 0.4) is 0 Å². The van der Waals surface area contributed by atoms with Gasteiger partial charge in [0.1, 0.15) is 5.82 Å². The number of hydrogen-bond donors (Lipinski definition) is 3. The smallest absolute Gasteiger partial charge is 0.153 e. The zero-order chi connectivity index (χ0) is 18.3. The minimum atomic E-state index is -0.0775. The Labute approximate surface area is 153 Å². The van der Waals surface area contributed by atoms with Crippen LogP contribution in [-0.4, -0.2) is 21.2 Å². The quantitative estimate of drug-likeness (QED) is 0.622. The average molecular weight is 345 g/mol. The highest BCUT2D eigenvalue weighted by atomic mass is 15.1. The predicted molar refractivity (Wildman–Crippen MR) is 107 cm³/mol. The molecule has 0 unspecified atom stereocenters. The molecular weight excluding hydrogens is 322 g/mol. The third kappa shape index (κ3) is 3.50. The molecule has 2 heterocycles. The van der Waals surface area contributed by atoms with Crippen LogP contribution in [0, 0.1) is 17.3 Å². The Morgan fingerprint density at radius 1 is 1.19 bits per heavy atom. The molecule has 0 spiro atoms. The van der Waals surface area contributed by atoms with Gasteiger partial charge in [0.2, 0.25) is 0 Å². The third-order valence-electron chi connectivity index (χ3n) is 4.30. The molecule has 2 aromatic heterocycles. The van der Waals surface area contributed by atoms with Crippen molar-refractivity contribution in [2.24, 2.45) is 5.41 Å². The standard InChI is InChI=1S/C21H23N5/c1-21(2,3)8-6-14-10-15(11-17-19(14)25-26-20(17)22)13-7-9-23-18(12-13)24-16-4-5-16/h7,9-12,16H,4-5H2,1-3H3,(H,23,24)(H3,22,25,26). The van der Waals surface area contributed by atoms with Crippen LogP contribution < -0.4 is 11.1 Å². The molecule has 3 aromatic rings. The highest BCUT2D eigenvalue weighted by Crippen LogP contribution is 2.31. The van der Waals surface area contributed by atoms with Gasteiger partial charge in [0, 0.05) is 23.0 Å². The molecule has 5 nitrogen and oxygen atoms in total. The van der Waals surface area contributed by atoms with Crippen LogP contribution in [0.2, 0.25) is 0 Å². The van der Waals surface area contributed by atoms with E-state index in [0.717, 1.165) is 33.4 Å². The minimum Gasteiger partial charge on any atom is -0.382 e. The van der Waals surface area contributed by atoms with Crippen LogP contribution in [0.25, 0.3) is 22.0 Å². The minimum absolute atomic E-state index is 0.0775. The summed E-state index contributed by atoms with van der Waals surface area (Å²) in [6.07, 6.45) is 4.27. The molecule has 5 heteroatoms. The fraction of sp³-hybridized carbons (Fsp3) is 0.333. The van der Waals surface area contributed by atoms with Gasteiger partial charge in [-0.25, -0.2) is 4.98 Å². The van der Waals surface area contributed by atoms with E-state index in [1.807, 2.05) is 12.3 Å². The van der Waals surface area contributed by atoms with E-state index in [-0.39, 0.29) is 5.41 Å². The summed E-state index contributed by atoms with van der Waals surface area (Å²) in [6, 6.07) is 8.81. The number of nitrogens with one attached hydrogen (secondary N) is 2. The van der Waals surface area contributed by atoms with Gasteiger partial charge in [0.25, 0.3) is 0 Å². The molecule has 0 amide bonds. The fourth-order valence-corrected chi connectivity index (χ4v) is 2.79. The highest BCUT2D eigenvalue weighted by Gasteiger charge is 2.21. The van der Waals surface area contributed by atoms with Gasteiger partial charge in [0.15, 0.2) is 5.82 Å². The number of hydrogen-bond acceptors (Lipinski definition) is 4. The van der Waals surface area contributed by atoms with E-state index in [2.05, 4.69) is 71.3 Å². The molecule has 0 saturated heterocycles. The van der Waals surface area contributed by atoms with Crippen molar-refractivity contribution in [3.63, 3.8) is 0 Å². The second-order valence-electron chi connectivity index (χ2n) is 7.90. The maximum Gasteiger partial charge on any atom is 0.153 e. The van der Waals surface area contributed by atoms with E-state index in [1.165, 1.54) is 12.8 Å². The van der Waals surface area contributed by atoms with E-state index >= 15 is 0 Å². The first-order valence-electron chi connectivity index (χ1n) is 8.93. The largest absolute Gasteiger partial charge is 0.382 e. The summed E-state index contributed by atoms with van der Waals surface area (Å²) in [5, 5.41) is 11.5. The molecule has 1 aliphatic rings. The number of nitrogens with zero attached hydrogens (tertiary/aromatic N) is 2. The maximum absolute atomic E-state index is 6.06. The highest BCUT2D eigenvalue weighted by molar-refractivity contribution is 5.96. The molecule has 1 saturated carbocycles. The molecule has 0 atom stereocenters. The monoisotopic (exact) mass is 345 g/mol. The van der Waals surface area contributed by atoms with Gasteiger partial charge >= 0.3 is 0 Å². The van der Waals surface area contributed by atoms with Crippen LogP contribution in [0.1, 0.15) is 39.2 Å². The summed E-state index contributed by atoms with van der Waals surface area (Å²) in [5.74, 6) is 8.00. The lowest BCUT2D eigenvalue weighted by atomic mass is 9.96. The van der Waals surface area contributed by atoms with E-state index in [1.54, 1.807) is 0 Å². The van der Waals surface area contributed by atoms with Gasteiger partial charge < -0.3 is 11.1 Å². The van der Waals surface area contributed by atoms with Crippen LogP contribution in [0.4, 0.5) is 11.6 Å². The van der Waals surface area contributed by atoms with Crippen molar-refractivity contribution in [1.82, 2.24) is 15.2 Å². The zero-order valence-electron chi connectivity index (χ0n) is 15.4. The van der Waals surface area contributed by atoms with Crippen molar-refractivity contribution in [1.29, 1.82) is 0 Å². The number of aromatic amines is 1. The van der Waals surface area contributed by atoms with Crippen molar-refractivity contribution >= 4 is 22.5 Å². The SMILES string of the molecule is CC(C)(C)C#Cc1cc(-c2ccnc(NC3CC3)c2)cc2c(N)n[nH]c12. The lowest BCUT2D eigenvalue weighted by molar-refractivity contribution is 0.571. The molecule has 0 bridgehead atoms. The van der Waals surface area contributed by atoms with Crippen LogP contribution in [0.5, 0.6) is 0 Å². The summed E-state index contributed by atoms with van der Waals surface area (Å²) in [5.41, 5.74) is 9.92. The second-order valence-corrected chi connectivity index (χ2v) is 7.90. The van der Waals surface area contributed by atoms with Crippen molar-refractivity contribution < 1.29 is 0 Å². The number of rotatable bonds is 3. The lowest BCUT2D eigenvalue weighted by Gasteiger charge is -2.09. The Kier molecular flexibility index (Phi) is 3.84. The van der Waals surface area contributed by atoms with Crippen LogP contribution >= 0.6 is 0 Å². The number of fused-ring (bicyclic) bond motifs is 1. The first kappa shape index (κ1) is 16.5. The summed E-state index contributed by atoms with van der Waals surface area (Å²) in [6.45, 7) is 6.29. The average Bonchev–Trinajstić information content (AvgIpc) is 3.33. The van der Waals surface area contributed by atoms with Gasteiger partial charge in [-0.2, -0.15) is 5.10 Å². The Bertz CT molecular complexity index is 1030. The molecule has 4 N–H and O–H groups in total. The fourth-order valence-electron chi connectivity index (χ4n) is 2.79. The first-order valence-corrected chi connectivity index (χ1v) is 8.93. The van der Waals surface area contributed by atoms with Crippen molar-refractivity contribution in [3.8, 4) is 23.0 Å². The summed E-state index contributed by atoms with van der Waals surface area (Å²) in [7, 11) is 0. The molecule has 0 aliphatic heterocycles. The molecule has 0 radical (unpaired) electrons. The first-order chi connectivity index (χ1) is 12.4. The molecule has 1 aromatic carbocycles. The van der Waals surface area contributed by atoms with Crippen molar-refractivity contribution in [2.75, 3.05) is 11.1 Å². The van der Waals surface area contributed by atoms with Gasteiger partial charge in [-0.1, -0.05) is 11.8 Å². The molecular formula is C21H23N5. The van der Waals surface area contributed by atoms with Gasteiger partial charge in [-0.3, -0.25) is 5.10 Å². The van der Waals surface area contributed by atoms with E-state index in [4.69, 9.17) is 5.73 Å². The number of benzene rings is 1. The normalized spacial score (nSPS) is 14.1. The number of pyridine rings is 1. The number of aromatic nitrogens is 3. The zero-order valence-corrected chi connectivity index (χ0v) is 15.4. The van der Waals surface area contributed by atoms with E-state index < -0.39 is 0 Å². The molecule has 1 aliphatic carbocycles. The Morgan fingerprint density at radius 2 is 2.00 bits per heavy atom. The summed E-state index contributed by atoms with van der Waals surface area (Å²) < 4.78 is 0. The van der Waals surface area contributed by atoms with Crippen LogP contribution in [0.15, 0.2) is 30.5 Å². The van der Waals surface area contributed by atoms with Crippen LogP contribution in [-0.2, 0) is 0 Å². The Balaban J connectivity index is 1.82. The maximum atomic E-state index is 6.06. The van der Waals surface area contributed by atoms with E-state index in [0.29, 0.717) is 11.9 Å². The van der Waals surface area contributed by atoms with Gasteiger partial charge in [0.05, 0.1) is 11.1 Å². The number of H-pyrrole nitrogens is 1. The number of anilines is 2. The van der Waals surface area contributed by atoms with Gasteiger partial charge in [-0.05, 0) is 69.0 Å². The molecule has 26 heavy (non-hydrogen) atoms. The van der Waals surface area contributed by atoms with Crippen molar-refractivity contribution in [2.45, 2.75) is 39.7 Å². The lowest BCUT2D eigenvalue weighted by Crippen LogP contribution is -2.02. The number of nitrogen functional groups attached to an aromatic ring is 1. The second kappa shape index (κ2) is 6.06. The Morgan fingerprint density at radius 3 is 2.73 bits per heavy atom. The Hall–Kier alpha value is -3.00. The predicted octanol–water partition coefficient (Wildman–Crippen LogP) is 4.18. The number of nitrogens with two attached hydrogens (primary N) is 1. The van der Waals surface area contributed by atoms with Crippen molar-refractivity contribution in [3.05, 3.63) is 36.0 Å². The topological polar surface area (TPSA) is 79.6 Å². The summed E-state index contributed by atoms with van der Waals surface area (Å²) >= 11 is 0. The molecule has 1 fully saturated rings. The van der Waals surface area contributed by atoms with Gasteiger partial charge in [-0.15, -0.1) is 0 Å². The summed E-state index contributed by atoms with van der Waals surface area (Å²) in [4.78, 5) is 4.42. The molecule has 4 rings (SSSR count).